The molecule has 31 heavy (non-hydrogen) atoms. The van der Waals surface area contributed by atoms with E-state index in [0.29, 0.717) is 6.54 Å². The summed E-state index contributed by atoms with van der Waals surface area (Å²) in [5, 5.41) is 0. The zero-order valence-corrected chi connectivity index (χ0v) is 19.6. The van der Waals surface area contributed by atoms with E-state index in [1.54, 1.807) is 18.4 Å². The number of Topliss-reactive ketones (excluding diaryl/α,β-unsaturated/α-hetero) is 1. The quantitative estimate of drug-likeness (QED) is 0.278. The van der Waals surface area contributed by atoms with Crippen LogP contribution in [-0.4, -0.2) is 17.5 Å². The smallest absolute Gasteiger partial charge is 0.347 e. The van der Waals surface area contributed by atoms with E-state index in [1.165, 1.54) is 0 Å². The number of aromatic nitrogens is 2. The van der Waals surface area contributed by atoms with Crippen LogP contribution in [0, 0.1) is 6.92 Å². The Bertz CT molecular complexity index is 1370. The molecule has 6 heteroatoms. The summed E-state index contributed by atoms with van der Waals surface area (Å²) in [4.78, 5) is 14.1. The standard InChI is InChI=1S/C25H21N2O2S.BrH/c1-17-15-27-22-13-12-21(29-2)14-24(22)30-25(27)26(17)16-23(28)20-10-8-19(9-11-20)18-6-4-3-5-7-18;/h3-15H,16H2,1-2H3;1H/q+1;/p-1. The fourth-order valence-corrected chi connectivity index (χ4v) is 4.99. The van der Waals surface area contributed by atoms with Crippen molar-refractivity contribution in [2.24, 2.45) is 0 Å². The second-order valence-electron chi connectivity index (χ2n) is 7.31. The Morgan fingerprint density at radius 1 is 1.00 bits per heavy atom. The number of ether oxygens (including phenoxy) is 1. The predicted octanol–water partition coefficient (Wildman–Crippen LogP) is 2.31. The molecule has 156 valence electrons. The Hall–Kier alpha value is -2.96. The molecule has 0 saturated carbocycles. The molecular weight excluding hydrogens is 472 g/mol. The lowest BCUT2D eigenvalue weighted by atomic mass is 10.0. The fourth-order valence-electron chi connectivity index (χ4n) is 3.78. The summed E-state index contributed by atoms with van der Waals surface area (Å²) in [5.74, 6) is 0.940. The molecule has 0 aliphatic rings. The normalized spacial score (nSPS) is 10.9. The third-order valence-corrected chi connectivity index (χ3v) is 6.57. The maximum Gasteiger partial charge on any atom is 0.347 e. The third-order valence-electron chi connectivity index (χ3n) is 5.42. The van der Waals surface area contributed by atoms with Crippen LogP contribution < -0.4 is 26.1 Å². The minimum atomic E-state index is 0. The first-order valence-electron chi connectivity index (χ1n) is 9.81. The molecule has 0 spiro atoms. The lowest BCUT2D eigenvalue weighted by Gasteiger charge is -2.04. The van der Waals surface area contributed by atoms with Gasteiger partial charge in [0.2, 0.25) is 5.78 Å². The number of benzene rings is 3. The summed E-state index contributed by atoms with van der Waals surface area (Å²) in [6.45, 7) is 2.36. The molecule has 0 radical (unpaired) electrons. The number of carbonyl (C=O) groups is 1. The van der Waals surface area contributed by atoms with Gasteiger partial charge in [0, 0.05) is 18.6 Å². The highest BCUT2D eigenvalue weighted by molar-refractivity contribution is 7.23. The average Bonchev–Trinajstić information content (AvgIpc) is 3.29. The van der Waals surface area contributed by atoms with Crippen molar-refractivity contribution in [3.05, 3.63) is 90.3 Å². The van der Waals surface area contributed by atoms with Gasteiger partial charge in [-0.15, -0.1) is 0 Å². The molecule has 3 aromatic carbocycles. The van der Waals surface area contributed by atoms with Crippen molar-refractivity contribution in [2.75, 3.05) is 7.11 Å². The topological polar surface area (TPSA) is 35.3 Å². The Balaban J connectivity index is 0.00000231. The number of fused-ring (bicyclic) bond motifs is 3. The minimum Gasteiger partial charge on any atom is -1.00 e. The van der Waals surface area contributed by atoms with E-state index < -0.39 is 0 Å². The molecule has 4 nitrogen and oxygen atoms in total. The number of thiazole rings is 1. The molecule has 0 aliphatic carbocycles. The number of aryl methyl sites for hydroxylation is 1. The number of imidazole rings is 1. The minimum absolute atomic E-state index is 0. The highest BCUT2D eigenvalue weighted by Gasteiger charge is 2.23. The Morgan fingerprint density at radius 2 is 1.71 bits per heavy atom. The maximum atomic E-state index is 13.0. The Kier molecular flexibility index (Phi) is 5.94. The van der Waals surface area contributed by atoms with Crippen molar-refractivity contribution in [3.8, 4) is 16.9 Å². The van der Waals surface area contributed by atoms with E-state index in [-0.39, 0.29) is 22.8 Å². The monoisotopic (exact) mass is 492 g/mol. The number of rotatable bonds is 5. The highest BCUT2D eigenvalue weighted by Crippen LogP contribution is 2.27. The SMILES string of the molecule is COc1ccc2c(c1)sc1n(CC(=O)c3ccc(-c4ccccc4)cc3)c(C)c[n+]21.[Br-]. The highest BCUT2D eigenvalue weighted by atomic mass is 79.9. The molecule has 2 aromatic heterocycles. The molecule has 0 amide bonds. The summed E-state index contributed by atoms with van der Waals surface area (Å²) in [6.07, 6.45) is 2.09. The lowest BCUT2D eigenvalue weighted by Crippen LogP contribution is -3.00. The van der Waals surface area contributed by atoms with Crippen molar-refractivity contribution in [3.63, 3.8) is 0 Å². The van der Waals surface area contributed by atoms with Crippen LogP contribution in [0.5, 0.6) is 5.75 Å². The number of ketones is 1. The van der Waals surface area contributed by atoms with Gasteiger partial charge >= 0.3 is 4.96 Å². The van der Waals surface area contributed by atoms with Crippen molar-refractivity contribution in [1.29, 1.82) is 0 Å². The van der Waals surface area contributed by atoms with Crippen molar-refractivity contribution in [2.45, 2.75) is 13.5 Å². The predicted molar refractivity (Wildman–Crippen MR) is 120 cm³/mol. The first-order chi connectivity index (χ1) is 14.6. The van der Waals surface area contributed by atoms with Crippen LogP contribution in [0.1, 0.15) is 16.1 Å². The van der Waals surface area contributed by atoms with Gasteiger partial charge in [-0.05, 0) is 34.6 Å². The first-order valence-corrected chi connectivity index (χ1v) is 10.6. The van der Waals surface area contributed by atoms with Gasteiger partial charge in [0.05, 0.1) is 11.8 Å². The van der Waals surface area contributed by atoms with Crippen molar-refractivity contribution in [1.82, 2.24) is 4.57 Å². The number of methoxy groups -OCH3 is 1. The van der Waals surface area contributed by atoms with E-state index in [1.807, 2.05) is 61.5 Å². The maximum absolute atomic E-state index is 13.0. The molecule has 2 heterocycles. The summed E-state index contributed by atoms with van der Waals surface area (Å²) >= 11 is 1.67. The fraction of sp³-hybridized carbons (Fsp3) is 0.120. The number of nitrogens with zero attached hydrogens (tertiary/aromatic N) is 2. The third kappa shape index (κ3) is 3.89. The number of hydrogen-bond donors (Lipinski definition) is 0. The van der Waals surface area contributed by atoms with Crippen molar-refractivity contribution < 1.29 is 30.9 Å². The van der Waals surface area contributed by atoms with E-state index >= 15 is 0 Å². The van der Waals surface area contributed by atoms with Crippen LogP contribution in [0.4, 0.5) is 0 Å². The summed E-state index contributed by atoms with van der Waals surface area (Å²) in [7, 11) is 1.67. The van der Waals surface area contributed by atoms with E-state index in [9.17, 15) is 4.79 Å². The molecular formula is C25H21BrN2O2S. The Labute approximate surface area is 195 Å². The van der Waals surface area contributed by atoms with Gasteiger partial charge in [-0.3, -0.25) is 4.79 Å². The van der Waals surface area contributed by atoms with Crippen LogP contribution in [0.25, 0.3) is 26.3 Å². The Morgan fingerprint density at radius 3 is 2.42 bits per heavy atom. The second kappa shape index (κ2) is 8.65. The summed E-state index contributed by atoms with van der Waals surface area (Å²) < 4.78 is 10.7. The van der Waals surface area contributed by atoms with Crippen LogP contribution >= 0.6 is 11.3 Å². The van der Waals surface area contributed by atoms with Crippen molar-refractivity contribution >= 4 is 32.3 Å². The van der Waals surface area contributed by atoms with Gasteiger partial charge in [-0.2, -0.15) is 4.40 Å². The van der Waals surface area contributed by atoms with Gasteiger partial charge in [0.15, 0.2) is 12.1 Å². The molecule has 0 bridgehead atoms. The molecule has 0 unspecified atom stereocenters. The molecule has 0 atom stereocenters. The molecule has 0 aliphatic heterocycles. The first kappa shape index (κ1) is 21.3. The number of carbonyl (C=O) groups excluding carboxylic acids is 1. The molecule has 0 fully saturated rings. The largest absolute Gasteiger partial charge is 1.00 e. The molecule has 5 rings (SSSR count). The van der Waals surface area contributed by atoms with Gasteiger partial charge < -0.3 is 21.7 Å². The van der Waals surface area contributed by atoms with E-state index in [0.717, 1.165) is 43.3 Å². The van der Waals surface area contributed by atoms with Gasteiger partial charge in [0.1, 0.15) is 17.6 Å². The van der Waals surface area contributed by atoms with E-state index in [2.05, 4.69) is 33.4 Å². The molecule has 0 saturated heterocycles. The molecule has 0 N–H and O–H groups in total. The average molecular weight is 493 g/mol. The van der Waals surface area contributed by atoms with Gasteiger partial charge in [-0.1, -0.05) is 54.6 Å². The number of hydrogen-bond acceptors (Lipinski definition) is 3. The second-order valence-corrected chi connectivity index (χ2v) is 8.32. The summed E-state index contributed by atoms with van der Waals surface area (Å²) in [6, 6.07) is 24.1. The van der Waals surface area contributed by atoms with Crippen LogP contribution in [-0.2, 0) is 6.54 Å². The van der Waals surface area contributed by atoms with Gasteiger partial charge in [0.25, 0.3) is 0 Å². The molecule has 5 aromatic rings. The zero-order valence-electron chi connectivity index (χ0n) is 17.2. The van der Waals surface area contributed by atoms with Crippen LogP contribution in [0.2, 0.25) is 0 Å². The van der Waals surface area contributed by atoms with Crippen LogP contribution in [0.15, 0.2) is 79.0 Å². The lowest BCUT2D eigenvalue weighted by molar-refractivity contribution is -0.476. The van der Waals surface area contributed by atoms with Crippen LogP contribution in [0.3, 0.4) is 0 Å². The summed E-state index contributed by atoms with van der Waals surface area (Å²) in [5.41, 5.74) is 5.17. The van der Waals surface area contributed by atoms with Gasteiger partial charge in [-0.25, -0.2) is 4.57 Å². The van der Waals surface area contributed by atoms with E-state index in [4.69, 9.17) is 4.74 Å². The number of halogens is 1. The zero-order chi connectivity index (χ0) is 20.7.